The number of nitrogens with one attached hydrogen (secondary N) is 1. The highest BCUT2D eigenvalue weighted by molar-refractivity contribution is 14.1. The number of aliphatic carboxylic acids is 1. The SMILES string of the molecule is [2H]CC(C)(C)OC(=O)N[C@@H](Cc1ccc(I)cc1)C(=O)O. The molecule has 0 radical (unpaired) electrons. The van der Waals surface area contributed by atoms with Crippen molar-refractivity contribution in [2.24, 2.45) is 0 Å². The van der Waals surface area contributed by atoms with Crippen molar-refractivity contribution in [3.05, 3.63) is 33.4 Å². The lowest BCUT2D eigenvalue weighted by molar-refractivity contribution is -0.139. The molecule has 0 bridgehead atoms. The van der Waals surface area contributed by atoms with Gasteiger partial charge in [0.25, 0.3) is 0 Å². The zero-order chi connectivity index (χ0) is 16.0. The van der Waals surface area contributed by atoms with Gasteiger partial charge in [-0.2, -0.15) is 0 Å². The smallest absolute Gasteiger partial charge is 0.408 e. The summed E-state index contributed by atoms with van der Waals surface area (Å²) in [4.78, 5) is 22.9. The summed E-state index contributed by atoms with van der Waals surface area (Å²) in [5.74, 6) is -1.13. The predicted octanol–water partition coefficient (Wildman–Crippen LogP) is 2.81. The van der Waals surface area contributed by atoms with Crippen LogP contribution in [0.3, 0.4) is 0 Å². The Hall–Kier alpha value is -1.31. The molecule has 1 aromatic rings. The number of halogens is 1. The van der Waals surface area contributed by atoms with Gasteiger partial charge in [-0.15, -0.1) is 0 Å². The maximum Gasteiger partial charge on any atom is 0.408 e. The van der Waals surface area contributed by atoms with E-state index in [-0.39, 0.29) is 13.3 Å². The van der Waals surface area contributed by atoms with Crippen LogP contribution in [0.4, 0.5) is 4.79 Å². The van der Waals surface area contributed by atoms with Crippen molar-refractivity contribution in [3.63, 3.8) is 0 Å². The minimum Gasteiger partial charge on any atom is -0.480 e. The fourth-order valence-corrected chi connectivity index (χ4v) is 1.84. The zero-order valence-corrected chi connectivity index (χ0v) is 13.5. The molecule has 1 amide bonds. The molecule has 0 fully saturated rings. The molecule has 5 nitrogen and oxygen atoms in total. The summed E-state index contributed by atoms with van der Waals surface area (Å²) in [7, 11) is 0. The van der Waals surface area contributed by atoms with Crippen molar-refractivity contribution in [1.29, 1.82) is 0 Å². The molecule has 2 N–H and O–H groups in total. The number of benzene rings is 1. The minimum atomic E-state index is -1.13. The van der Waals surface area contributed by atoms with Crippen LogP contribution in [0.2, 0.25) is 0 Å². The van der Waals surface area contributed by atoms with Crippen molar-refractivity contribution >= 4 is 34.7 Å². The number of amides is 1. The average Bonchev–Trinajstić information content (AvgIpc) is 2.39. The quantitative estimate of drug-likeness (QED) is 0.773. The van der Waals surface area contributed by atoms with Gasteiger partial charge in [0.2, 0.25) is 0 Å². The molecule has 0 aliphatic heterocycles. The van der Waals surface area contributed by atoms with E-state index in [1.54, 1.807) is 13.8 Å². The summed E-state index contributed by atoms with van der Waals surface area (Å²) in [6.45, 7) is 3.08. The predicted molar refractivity (Wildman–Crippen MR) is 83.7 cm³/mol. The molecule has 0 spiro atoms. The average molecular weight is 392 g/mol. The number of hydrogen-bond donors (Lipinski definition) is 2. The third-order valence-electron chi connectivity index (χ3n) is 2.31. The summed E-state index contributed by atoms with van der Waals surface area (Å²) in [5, 5.41) is 11.5. The van der Waals surface area contributed by atoms with E-state index in [9.17, 15) is 14.7 Å². The van der Waals surface area contributed by atoms with Gasteiger partial charge in [0.05, 0.1) is 0 Å². The Morgan fingerprint density at radius 1 is 1.45 bits per heavy atom. The second-order valence-electron chi connectivity index (χ2n) is 5.01. The van der Waals surface area contributed by atoms with Crippen LogP contribution in [0, 0.1) is 3.57 Å². The standard InChI is InChI=1S/C14H18INO4/c1-14(2,3)20-13(19)16-11(12(17)18)8-9-4-6-10(15)7-5-9/h4-7,11H,8H2,1-3H3,(H,16,19)(H,17,18)/t11-/m0/s1/i1D. The van der Waals surface area contributed by atoms with E-state index in [4.69, 9.17) is 6.11 Å². The van der Waals surface area contributed by atoms with E-state index in [1.807, 2.05) is 24.3 Å². The first-order valence-corrected chi connectivity index (χ1v) is 7.07. The van der Waals surface area contributed by atoms with Gasteiger partial charge in [0.15, 0.2) is 0 Å². The third-order valence-corrected chi connectivity index (χ3v) is 3.03. The Kier molecular flexibility index (Phi) is 5.22. The van der Waals surface area contributed by atoms with Crippen LogP contribution < -0.4 is 5.32 Å². The zero-order valence-electron chi connectivity index (χ0n) is 12.4. The van der Waals surface area contributed by atoms with Gasteiger partial charge >= 0.3 is 12.1 Å². The molecule has 1 atom stereocenters. The fraction of sp³-hybridized carbons (Fsp3) is 0.429. The highest BCUT2D eigenvalue weighted by atomic mass is 127. The highest BCUT2D eigenvalue weighted by Gasteiger charge is 2.24. The Balaban J connectivity index is 2.68. The number of rotatable bonds is 4. The lowest BCUT2D eigenvalue weighted by Gasteiger charge is -2.22. The number of hydrogen-bond acceptors (Lipinski definition) is 3. The molecule has 0 heterocycles. The van der Waals surface area contributed by atoms with Crippen LogP contribution >= 0.6 is 22.6 Å². The first-order valence-electron chi connectivity index (χ1n) is 6.70. The van der Waals surface area contributed by atoms with Crippen LogP contribution in [-0.4, -0.2) is 28.8 Å². The van der Waals surface area contributed by atoms with Crippen LogP contribution in [0.1, 0.15) is 27.7 Å². The van der Waals surface area contributed by atoms with E-state index in [0.29, 0.717) is 0 Å². The molecule has 0 aromatic heterocycles. The molecule has 0 unspecified atom stereocenters. The number of carbonyl (C=O) groups is 2. The summed E-state index contributed by atoms with van der Waals surface area (Å²) in [6.07, 6.45) is -0.659. The summed E-state index contributed by atoms with van der Waals surface area (Å²) in [6, 6.07) is 6.31. The molecule has 0 aliphatic carbocycles. The van der Waals surface area contributed by atoms with E-state index >= 15 is 0 Å². The molecule has 20 heavy (non-hydrogen) atoms. The second-order valence-corrected chi connectivity index (χ2v) is 6.26. The normalized spacial score (nSPS) is 13.2. The molecule has 110 valence electrons. The highest BCUT2D eigenvalue weighted by Crippen LogP contribution is 2.10. The summed E-state index contributed by atoms with van der Waals surface area (Å²) >= 11 is 2.16. The Morgan fingerprint density at radius 2 is 2.05 bits per heavy atom. The van der Waals surface area contributed by atoms with Crippen LogP contribution in [-0.2, 0) is 16.0 Å². The van der Waals surface area contributed by atoms with Gasteiger partial charge in [-0.05, 0) is 61.0 Å². The van der Waals surface area contributed by atoms with Crippen molar-refractivity contribution < 1.29 is 20.8 Å². The van der Waals surface area contributed by atoms with E-state index in [2.05, 4.69) is 27.9 Å². The van der Waals surface area contributed by atoms with Crippen LogP contribution in [0.15, 0.2) is 24.3 Å². The monoisotopic (exact) mass is 392 g/mol. The summed E-state index contributed by atoms with van der Waals surface area (Å²) < 4.78 is 13.3. The van der Waals surface area contributed by atoms with Crippen molar-refractivity contribution in [1.82, 2.24) is 5.32 Å². The van der Waals surface area contributed by atoms with Crippen molar-refractivity contribution in [2.75, 3.05) is 0 Å². The first kappa shape index (κ1) is 15.1. The fourth-order valence-electron chi connectivity index (χ4n) is 1.48. The molecule has 1 rings (SSSR count). The molecular weight excluding hydrogens is 373 g/mol. The number of carboxylic acids is 1. The molecule has 0 saturated heterocycles. The third kappa shape index (κ3) is 6.23. The van der Waals surface area contributed by atoms with Gasteiger partial charge < -0.3 is 15.2 Å². The van der Waals surface area contributed by atoms with Gasteiger partial charge in [-0.25, -0.2) is 9.59 Å². The Morgan fingerprint density at radius 3 is 2.55 bits per heavy atom. The number of ether oxygens (including phenoxy) is 1. The topological polar surface area (TPSA) is 75.6 Å². The Bertz CT molecular complexity index is 504. The molecular formula is C14H18INO4. The largest absolute Gasteiger partial charge is 0.480 e. The molecule has 6 heteroatoms. The first-order chi connectivity index (χ1) is 9.73. The van der Waals surface area contributed by atoms with Gasteiger partial charge in [-0.3, -0.25) is 0 Å². The lowest BCUT2D eigenvalue weighted by Crippen LogP contribution is -2.44. The molecule has 0 saturated carbocycles. The second kappa shape index (κ2) is 6.92. The van der Waals surface area contributed by atoms with Crippen LogP contribution in [0.25, 0.3) is 0 Å². The van der Waals surface area contributed by atoms with E-state index < -0.39 is 23.7 Å². The maximum absolute atomic E-state index is 11.7. The summed E-state index contributed by atoms with van der Waals surface area (Å²) in [5.41, 5.74) is -0.140. The van der Waals surface area contributed by atoms with E-state index in [0.717, 1.165) is 9.13 Å². The Labute approximate surface area is 133 Å². The maximum atomic E-state index is 11.7. The molecule has 0 aliphatic rings. The van der Waals surface area contributed by atoms with E-state index in [1.165, 1.54) is 0 Å². The number of carbonyl (C=O) groups excluding carboxylic acids is 1. The van der Waals surface area contributed by atoms with Crippen LogP contribution in [0.5, 0.6) is 0 Å². The van der Waals surface area contributed by atoms with Crippen molar-refractivity contribution in [3.8, 4) is 0 Å². The molecule has 1 aromatic carbocycles. The van der Waals surface area contributed by atoms with Gasteiger partial charge in [-0.1, -0.05) is 12.1 Å². The lowest BCUT2D eigenvalue weighted by atomic mass is 10.1. The number of alkyl carbamates (subject to hydrolysis) is 1. The minimum absolute atomic E-state index is 0.102. The van der Waals surface area contributed by atoms with Crippen molar-refractivity contribution in [2.45, 2.75) is 38.8 Å². The van der Waals surface area contributed by atoms with Gasteiger partial charge in [0.1, 0.15) is 11.6 Å². The van der Waals surface area contributed by atoms with Gasteiger partial charge in [0, 0.05) is 11.4 Å². The number of carboxylic acid groups (broad SMARTS) is 1.